The van der Waals surface area contributed by atoms with Gasteiger partial charge < -0.3 is 0 Å². The molecular formula is C32H40LiP2+. The zero-order chi connectivity index (χ0) is 24.8. The summed E-state index contributed by atoms with van der Waals surface area (Å²) in [5, 5.41) is 3.86. The number of rotatable bonds is 5. The van der Waals surface area contributed by atoms with E-state index in [-0.39, 0.29) is 39.1 Å². The molecule has 0 nitrogen and oxygen atoms in total. The van der Waals surface area contributed by atoms with Gasteiger partial charge in [0.1, 0.15) is 0 Å². The minimum absolute atomic E-state index is 0. The molecule has 0 radical (unpaired) electrons. The zero-order valence-corrected chi connectivity index (χ0v) is 25.3. The summed E-state index contributed by atoms with van der Waals surface area (Å²) in [4.78, 5) is 0. The first-order valence-corrected chi connectivity index (χ1v) is 15.4. The van der Waals surface area contributed by atoms with Gasteiger partial charge in [0.05, 0.1) is 10.1 Å². The standard InChI is InChI=1S/C32H40P2.Li/c1-21-17-23(3)28(24(4)18-21)30-33(16-15-27-13-11-10-12-14-27)31(34(30)32(7,8)9)29-25(5)19-22(2)20-26(29)6;/h10-14,17-20H,15-16H2,1-9H3;/q;+1. The maximum atomic E-state index is 2.47. The zero-order valence-electron chi connectivity index (χ0n) is 23.5. The van der Waals surface area contributed by atoms with Gasteiger partial charge in [0, 0.05) is 11.3 Å². The Hall–Kier alpha value is -1.40. The van der Waals surface area contributed by atoms with E-state index < -0.39 is 0 Å². The summed E-state index contributed by atoms with van der Waals surface area (Å²) in [6.07, 6.45) is 2.40. The Bertz CT molecular complexity index is 1210. The maximum absolute atomic E-state index is 2.47. The van der Waals surface area contributed by atoms with Gasteiger partial charge in [0.15, 0.2) is 0 Å². The third-order valence-electron chi connectivity index (χ3n) is 6.87. The van der Waals surface area contributed by atoms with Crippen molar-refractivity contribution in [2.75, 3.05) is 0 Å². The van der Waals surface area contributed by atoms with Crippen molar-refractivity contribution in [1.82, 2.24) is 0 Å². The van der Waals surface area contributed by atoms with Crippen LogP contribution in [0.15, 0.2) is 54.6 Å². The summed E-state index contributed by atoms with van der Waals surface area (Å²) in [6.45, 7) is 21.2. The van der Waals surface area contributed by atoms with E-state index >= 15 is 0 Å². The number of aryl methyl sites for hydroxylation is 7. The second kappa shape index (κ2) is 10.9. The largest absolute Gasteiger partial charge is 1.00 e. The summed E-state index contributed by atoms with van der Waals surface area (Å²) < 4.78 is 0. The molecule has 3 heteroatoms. The van der Waals surface area contributed by atoms with Crippen LogP contribution in [-0.2, 0) is 17.7 Å². The van der Waals surface area contributed by atoms with Crippen molar-refractivity contribution in [2.45, 2.75) is 80.1 Å². The molecule has 0 N–H and O–H groups in total. The fourth-order valence-electron chi connectivity index (χ4n) is 5.69. The Labute approximate surface area is 227 Å². The van der Waals surface area contributed by atoms with Gasteiger partial charge in [0.25, 0.3) is 0 Å². The van der Waals surface area contributed by atoms with Crippen LogP contribution in [0.5, 0.6) is 0 Å². The summed E-state index contributed by atoms with van der Waals surface area (Å²) in [6, 6.07) is 20.7. The van der Waals surface area contributed by atoms with E-state index in [9.17, 15) is 0 Å². The van der Waals surface area contributed by atoms with E-state index in [0.29, 0.717) is 0 Å². The summed E-state index contributed by atoms with van der Waals surface area (Å²) >= 11 is 0. The average molecular weight is 494 g/mol. The minimum atomic E-state index is -0.360. The van der Waals surface area contributed by atoms with Gasteiger partial charge in [-0.1, -0.05) is 100 Å². The van der Waals surface area contributed by atoms with Crippen LogP contribution in [0, 0.1) is 41.5 Å². The van der Waals surface area contributed by atoms with E-state index in [0.717, 1.165) is 6.42 Å². The van der Waals surface area contributed by atoms with Crippen LogP contribution in [-0.4, -0.2) is 0 Å². The van der Waals surface area contributed by atoms with Gasteiger partial charge in [-0.2, -0.15) is 0 Å². The van der Waals surface area contributed by atoms with Crippen molar-refractivity contribution in [1.29, 1.82) is 0 Å². The third kappa shape index (κ3) is 5.63. The smallest absolute Gasteiger partial charge is 0.104 e. The van der Waals surface area contributed by atoms with Crippen molar-refractivity contribution in [2.24, 2.45) is 0 Å². The summed E-state index contributed by atoms with van der Waals surface area (Å²) in [7, 11) is -0.686. The fourth-order valence-corrected chi connectivity index (χ4v) is 15.5. The number of benzene rings is 3. The first kappa shape index (κ1) is 28.2. The van der Waals surface area contributed by atoms with E-state index in [1.807, 2.05) is 0 Å². The van der Waals surface area contributed by atoms with E-state index in [1.54, 1.807) is 21.2 Å². The summed E-state index contributed by atoms with van der Waals surface area (Å²) in [5.41, 5.74) is 13.2. The molecule has 0 saturated carbocycles. The predicted octanol–water partition coefficient (Wildman–Crippen LogP) is 7.85. The molecule has 0 aliphatic carbocycles. The normalized spacial score (nSPS) is 12.6. The molecule has 0 saturated heterocycles. The van der Waals surface area contributed by atoms with Gasteiger partial charge >= 0.3 is 18.9 Å². The third-order valence-corrected chi connectivity index (χ3v) is 14.3. The molecule has 0 fully saturated rings. The molecule has 0 bridgehead atoms. The van der Waals surface area contributed by atoms with Crippen LogP contribution < -0.4 is 18.9 Å². The molecule has 0 spiro atoms. The summed E-state index contributed by atoms with van der Waals surface area (Å²) in [5.74, 6) is 0. The topological polar surface area (TPSA) is 0 Å². The second-order valence-corrected chi connectivity index (χ2v) is 16.9. The molecule has 4 rings (SSSR count). The van der Waals surface area contributed by atoms with Gasteiger partial charge in [-0.15, -0.1) is 11.1 Å². The van der Waals surface area contributed by atoms with Crippen LogP contribution in [0.3, 0.4) is 0 Å². The van der Waals surface area contributed by atoms with Crippen molar-refractivity contribution in [3.8, 4) is 21.2 Å². The molecule has 0 atom stereocenters. The molecular weight excluding hydrogens is 453 g/mol. The Kier molecular flexibility index (Phi) is 8.79. The molecule has 4 aromatic rings. The maximum Gasteiger partial charge on any atom is 1.00 e. The van der Waals surface area contributed by atoms with Crippen LogP contribution in [0.2, 0.25) is 0 Å². The first-order chi connectivity index (χ1) is 16.0. The second-order valence-electron chi connectivity index (χ2n) is 11.1. The van der Waals surface area contributed by atoms with Crippen LogP contribution >= 0.6 is 15.1 Å². The van der Waals surface area contributed by atoms with Crippen molar-refractivity contribution in [3.05, 3.63) is 93.5 Å². The molecule has 0 aliphatic rings. The quantitative estimate of drug-likeness (QED) is 0.196. The molecule has 178 valence electrons. The van der Waals surface area contributed by atoms with Gasteiger partial charge in [-0.25, -0.2) is 0 Å². The molecule has 3 aromatic carbocycles. The predicted molar refractivity (Wildman–Crippen MR) is 156 cm³/mol. The number of hydrogen-bond acceptors (Lipinski definition) is 0. The Morgan fingerprint density at radius 3 is 1.71 bits per heavy atom. The van der Waals surface area contributed by atoms with E-state index in [1.165, 1.54) is 45.1 Å². The van der Waals surface area contributed by atoms with Crippen LogP contribution in [0.25, 0.3) is 21.2 Å². The van der Waals surface area contributed by atoms with E-state index in [2.05, 4.69) is 117 Å². The Morgan fingerprint density at radius 1 is 0.743 bits per heavy atom. The SMILES string of the molecule is Cc1cc(C)c(-c2p(C(C)(C)C)[c-](-c3c(C)cc(C)cc3C)[p+]2CCc2ccccc2)c(C)c1.[Li+]. The van der Waals surface area contributed by atoms with Crippen LogP contribution in [0.4, 0.5) is 0 Å². The van der Waals surface area contributed by atoms with Crippen molar-refractivity contribution < 1.29 is 18.9 Å². The first-order valence-electron chi connectivity index (χ1n) is 12.5. The molecule has 1 heterocycles. The minimum Gasteiger partial charge on any atom is -0.104 e. The van der Waals surface area contributed by atoms with Gasteiger partial charge in [-0.3, -0.25) is 0 Å². The van der Waals surface area contributed by atoms with Gasteiger partial charge in [0.2, 0.25) is 0 Å². The molecule has 0 unspecified atom stereocenters. The van der Waals surface area contributed by atoms with Crippen molar-refractivity contribution >= 4 is 15.1 Å². The van der Waals surface area contributed by atoms with Gasteiger partial charge in [-0.05, 0) is 77.1 Å². The fraction of sp³-hybridized carbons (Fsp3) is 0.375. The average Bonchev–Trinajstić information content (AvgIpc) is 2.70. The molecule has 0 amide bonds. The van der Waals surface area contributed by atoms with Crippen LogP contribution in [0.1, 0.15) is 59.7 Å². The monoisotopic (exact) mass is 493 g/mol. The molecule has 0 aliphatic heterocycles. The molecule has 35 heavy (non-hydrogen) atoms. The molecule has 1 aromatic heterocycles. The van der Waals surface area contributed by atoms with Crippen molar-refractivity contribution in [3.63, 3.8) is 0 Å². The number of hydrogen-bond donors (Lipinski definition) is 0. The Morgan fingerprint density at radius 2 is 1.23 bits per heavy atom. The Balaban J connectivity index is 0.00000342. The van der Waals surface area contributed by atoms with E-state index in [4.69, 9.17) is 0 Å².